The zero-order valence-electron chi connectivity index (χ0n) is 10.4. The van der Waals surface area contributed by atoms with E-state index < -0.39 is 16.4 Å². The lowest BCUT2D eigenvalue weighted by Gasteiger charge is -2.25. The highest BCUT2D eigenvalue weighted by atomic mass is 79.9. The minimum absolute atomic E-state index is 0.0474. The summed E-state index contributed by atoms with van der Waals surface area (Å²) < 4.78 is 8.82. The minimum atomic E-state index is -1.15. The molecule has 0 aromatic heterocycles. The van der Waals surface area contributed by atoms with Crippen molar-refractivity contribution in [2.45, 2.75) is 24.0 Å². The van der Waals surface area contributed by atoms with Crippen LogP contribution in [0.2, 0.25) is 0 Å². The van der Waals surface area contributed by atoms with E-state index in [-0.39, 0.29) is 6.61 Å². The lowest BCUT2D eigenvalue weighted by molar-refractivity contribution is -0.147. The van der Waals surface area contributed by atoms with Gasteiger partial charge in [-0.2, -0.15) is 0 Å². The van der Waals surface area contributed by atoms with E-state index >= 15 is 0 Å². The summed E-state index contributed by atoms with van der Waals surface area (Å²) in [5.41, 5.74) is 1.01. The maximum Gasteiger partial charge on any atom is 0.325 e. The van der Waals surface area contributed by atoms with Crippen LogP contribution >= 0.6 is 15.9 Å². The average molecular weight is 317 g/mol. The van der Waals surface area contributed by atoms with Gasteiger partial charge in [-0.1, -0.05) is 46.3 Å². The average Bonchev–Trinajstić information content (AvgIpc) is 2.38. The Labute approximate surface area is 115 Å². The fourth-order valence-corrected chi connectivity index (χ4v) is 1.65. The summed E-state index contributed by atoms with van der Waals surface area (Å²) in [5.74, 6) is -0.529. The van der Waals surface area contributed by atoms with Crippen molar-refractivity contribution < 1.29 is 19.4 Å². The first-order chi connectivity index (χ1) is 8.48. The molecule has 18 heavy (non-hydrogen) atoms. The smallest absolute Gasteiger partial charge is 0.325 e. The lowest BCUT2D eigenvalue weighted by Crippen LogP contribution is -2.44. The number of ether oxygens (including phenoxy) is 2. The molecule has 0 fully saturated rings. The van der Waals surface area contributed by atoms with Crippen LogP contribution in [0.5, 0.6) is 0 Å². The molecule has 0 saturated carbocycles. The molecule has 0 spiro atoms. The number of hydrogen-bond donors (Lipinski definition) is 1. The maximum atomic E-state index is 11.4. The fourth-order valence-electron chi connectivity index (χ4n) is 1.35. The molecule has 0 bridgehead atoms. The van der Waals surface area contributed by atoms with Crippen molar-refractivity contribution in [2.75, 3.05) is 13.7 Å². The van der Waals surface area contributed by atoms with E-state index in [0.717, 1.165) is 5.56 Å². The van der Waals surface area contributed by atoms with E-state index in [2.05, 4.69) is 20.7 Å². The van der Waals surface area contributed by atoms with Gasteiger partial charge in [0, 0.05) is 0 Å². The Balaban J connectivity index is 2.42. The molecule has 0 aliphatic heterocycles. The van der Waals surface area contributed by atoms with Crippen molar-refractivity contribution in [1.29, 1.82) is 0 Å². The first-order valence-corrected chi connectivity index (χ1v) is 6.35. The number of benzene rings is 1. The minimum Gasteiger partial charge on any atom is -0.468 e. The number of halogens is 1. The first kappa shape index (κ1) is 15.1. The Morgan fingerprint density at radius 1 is 1.44 bits per heavy atom. The fraction of sp³-hybridized carbons (Fsp3) is 0.462. The molecule has 100 valence electrons. The molecule has 0 saturated heterocycles. The van der Waals surface area contributed by atoms with Crippen molar-refractivity contribution in [2.24, 2.45) is 0 Å². The Kier molecular flexibility index (Phi) is 5.78. The SMILES string of the molecule is COC(=O)C(C)(Br)[C@H](O)COCc1ccccc1. The largest absolute Gasteiger partial charge is 0.468 e. The Hall–Kier alpha value is -0.910. The van der Waals surface area contributed by atoms with Gasteiger partial charge in [0.25, 0.3) is 0 Å². The number of rotatable bonds is 6. The zero-order chi connectivity index (χ0) is 13.6. The van der Waals surface area contributed by atoms with Crippen LogP contribution in [0.4, 0.5) is 0 Å². The second-order valence-electron chi connectivity index (χ2n) is 4.08. The van der Waals surface area contributed by atoms with Crippen molar-refractivity contribution in [3.8, 4) is 0 Å². The van der Waals surface area contributed by atoms with Gasteiger partial charge < -0.3 is 14.6 Å². The number of aliphatic hydroxyl groups is 1. The Bertz CT molecular complexity index is 378. The van der Waals surface area contributed by atoms with Gasteiger partial charge in [-0.25, -0.2) is 0 Å². The predicted octanol–water partition coefficient (Wildman–Crippen LogP) is 1.89. The van der Waals surface area contributed by atoms with E-state index in [1.54, 1.807) is 6.92 Å². The zero-order valence-corrected chi connectivity index (χ0v) is 12.0. The molecule has 0 amide bonds. The molecule has 1 rings (SSSR count). The van der Waals surface area contributed by atoms with E-state index in [1.807, 2.05) is 30.3 Å². The third-order valence-corrected chi connectivity index (χ3v) is 3.45. The number of aliphatic hydroxyl groups excluding tert-OH is 1. The third kappa shape index (κ3) is 4.08. The molecule has 5 heteroatoms. The molecular weight excluding hydrogens is 300 g/mol. The molecule has 1 aromatic rings. The van der Waals surface area contributed by atoms with Crippen LogP contribution in [0.15, 0.2) is 30.3 Å². The monoisotopic (exact) mass is 316 g/mol. The maximum absolute atomic E-state index is 11.4. The predicted molar refractivity (Wildman–Crippen MR) is 71.5 cm³/mol. The van der Waals surface area contributed by atoms with Gasteiger partial charge in [0.15, 0.2) is 0 Å². The molecule has 1 N–H and O–H groups in total. The summed E-state index contributed by atoms with van der Waals surface area (Å²) in [6.45, 7) is 1.99. The summed E-state index contributed by atoms with van der Waals surface area (Å²) in [6.07, 6.45) is -0.978. The van der Waals surface area contributed by atoms with Crippen molar-refractivity contribution >= 4 is 21.9 Å². The molecule has 0 aliphatic carbocycles. The van der Waals surface area contributed by atoms with Crippen molar-refractivity contribution in [3.63, 3.8) is 0 Å². The Morgan fingerprint density at radius 2 is 2.06 bits per heavy atom. The third-order valence-electron chi connectivity index (χ3n) is 2.60. The summed E-state index contributed by atoms with van der Waals surface area (Å²) in [5, 5.41) is 9.88. The number of alkyl halides is 1. The summed E-state index contributed by atoms with van der Waals surface area (Å²) >= 11 is 3.15. The molecule has 0 radical (unpaired) electrons. The standard InChI is InChI=1S/C13H17BrO4/c1-13(14,12(16)17-2)11(15)9-18-8-10-6-4-3-5-7-10/h3-7,11,15H,8-9H2,1-2H3/t11-,13?/m1/s1. The van der Waals surface area contributed by atoms with E-state index in [4.69, 9.17) is 4.74 Å². The number of esters is 1. The van der Waals surface area contributed by atoms with Gasteiger partial charge in [0.05, 0.1) is 20.3 Å². The molecule has 2 atom stereocenters. The summed E-state index contributed by atoms with van der Waals surface area (Å²) in [6, 6.07) is 9.61. The molecule has 4 nitrogen and oxygen atoms in total. The van der Waals surface area contributed by atoms with Crippen molar-refractivity contribution in [1.82, 2.24) is 0 Å². The number of methoxy groups -OCH3 is 1. The highest BCUT2D eigenvalue weighted by Crippen LogP contribution is 2.24. The van der Waals surface area contributed by atoms with Gasteiger partial charge in [-0.3, -0.25) is 4.79 Å². The summed E-state index contributed by atoms with van der Waals surface area (Å²) in [4.78, 5) is 11.4. The van der Waals surface area contributed by atoms with Crippen LogP contribution in [0, 0.1) is 0 Å². The van der Waals surface area contributed by atoms with Gasteiger partial charge in [-0.05, 0) is 12.5 Å². The quantitative estimate of drug-likeness (QED) is 0.643. The van der Waals surface area contributed by atoms with Crippen LogP contribution in [-0.2, 0) is 20.9 Å². The topological polar surface area (TPSA) is 55.8 Å². The highest BCUT2D eigenvalue weighted by Gasteiger charge is 2.39. The van der Waals surface area contributed by atoms with Crippen LogP contribution in [0.1, 0.15) is 12.5 Å². The van der Waals surface area contributed by atoms with Gasteiger partial charge >= 0.3 is 5.97 Å². The van der Waals surface area contributed by atoms with Crippen LogP contribution in [0.3, 0.4) is 0 Å². The molecule has 0 aliphatic rings. The van der Waals surface area contributed by atoms with E-state index in [9.17, 15) is 9.90 Å². The van der Waals surface area contributed by atoms with E-state index in [1.165, 1.54) is 7.11 Å². The first-order valence-electron chi connectivity index (χ1n) is 5.55. The highest BCUT2D eigenvalue weighted by molar-refractivity contribution is 9.10. The number of hydrogen-bond acceptors (Lipinski definition) is 4. The summed E-state index contributed by atoms with van der Waals surface area (Å²) in [7, 11) is 1.28. The van der Waals surface area contributed by atoms with Gasteiger partial charge in [-0.15, -0.1) is 0 Å². The number of carbonyl (C=O) groups is 1. The molecular formula is C13H17BrO4. The second kappa shape index (κ2) is 6.87. The Morgan fingerprint density at radius 3 is 2.61 bits per heavy atom. The second-order valence-corrected chi connectivity index (χ2v) is 5.73. The lowest BCUT2D eigenvalue weighted by atomic mass is 10.1. The molecule has 1 aromatic carbocycles. The van der Waals surface area contributed by atoms with Gasteiger partial charge in [0.2, 0.25) is 0 Å². The van der Waals surface area contributed by atoms with E-state index in [0.29, 0.717) is 6.61 Å². The van der Waals surface area contributed by atoms with Crippen LogP contribution < -0.4 is 0 Å². The molecule has 1 unspecified atom stereocenters. The van der Waals surface area contributed by atoms with Gasteiger partial charge in [0.1, 0.15) is 10.4 Å². The van der Waals surface area contributed by atoms with Crippen molar-refractivity contribution in [3.05, 3.63) is 35.9 Å². The number of carbonyl (C=O) groups excluding carboxylic acids is 1. The normalized spacial score (nSPS) is 15.8. The molecule has 0 heterocycles. The van der Waals surface area contributed by atoms with Crippen LogP contribution in [-0.4, -0.2) is 35.2 Å². The van der Waals surface area contributed by atoms with Crippen LogP contribution in [0.25, 0.3) is 0 Å².